The Morgan fingerprint density at radius 1 is 1.53 bits per heavy atom. The summed E-state index contributed by atoms with van der Waals surface area (Å²) in [5, 5.41) is 6.27. The largest absolute Gasteiger partial charge is 0.379 e. The number of rotatable bonds is 4. The molecular formula is C9H14BrN3OS. The summed E-state index contributed by atoms with van der Waals surface area (Å²) in [6.07, 6.45) is 0. The Morgan fingerprint density at radius 3 is 3.00 bits per heavy atom. The second-order valence-corrected chi connectivity index (χ2v) is 5.03. The van der Waals surface area contributed by atoms with Gasteiger partial charge in [-0.25, -0.2) is 4.98 Å². The fourth-order valence-electron chi connectivity index (χ4n) is 1.48. The predicted molar refractivity (Wildman–Crippen MR) is 65.6 cm³/mol. The summed E-state index contributed by atoms with van der Waals surface area (Å²) in [4.78, 5) is 6.68. The van der Waals surface area contributed by atoms with Crippen molar-refractivity contribution in [1.82, 2.24) is 9.88 Å². The fraction of sp³-hybridized carbons (Fsp3) is 0.667. The van der Waals surface area contributed by atoms with Crippen LogP contribution in [0.15, 0.2) is 9.98 Å². The van der Waals surface area contributed by atoms with Crippen molar-refractivity contribution in [2.75, 3.05) is 44.7 Å². The summed E-state index contributed by atoms with van der Waals surface area (Å²) in [6, 6.07) is 0. The second-order valence-electron chi connectivity index (χ2n) is 3.36. The van der Waals surface area contributed by atoms with Crippen LogP contribution in [0.5, 0.6) is 0 Å². The fourth-order valence-corrected chi connectivity index (χ4v) is 2.65. The van der Waals surface area contributed by atoms with Gasteiger partial charge in [0, 0.05) is 31.6 Å². The van der Waals surface area contributed by atoms with Crippen molar-refractivity contribution in [3.05, 3.63) is 9.98 Å². The van der Waals surface area contributed by atoms with Crippen LogP contribution in [0.2, 0.25) is 0 Å². The lowest BCUT2D eigenvalue weighted by Crippen LogP contribution is -2.38. The minimum atomic E-state index is 0.864. The summed E-state index contributed by atoms with van der Waals surface area (Å²) >= 11 is 4.96. The topological polar surface area (TPSA) is 37.4 Å². The first-order chi connectivity index (χ1) is 7.34. The van der Waals surface area contributed by atoms with Gasteiger partial charge in [-0.2, -0.15) is 0 Å². The Labute approximate surface area is 102 Å². The molecule has 4 nitrogen and oxygen atoms in total. The molecule has 0 radical (unpaired) electrons. The molecule has 6 heteroatoms. The highest BCUT2D eigenvalue weighted by Gasteiger charge is 2.09. The molecule has 1 aliphatic heterocycles. The van der Waals surface area contributed by atoms with Gasteiger partial charge in [0.25, 0.3) is 0 Å². The smallest absolute Gasteiger partial charge is 0.183 e. The van der Waals surface area contributed by atoms with Gasteiger partial charge in [0.1, 0.15) is 4.60 Å². The van der Waals surface area contributed by atoms with Gasteiger partial charge in [0.05, 0.1) is 13.2 Å². The lowest BCUT2D eigenvalue weighted by Gasteiger charge is -2.26. The number of aromatic nitrogens is 1. The maximum Gasteiger partial charge on any atom is 0.183 e. The first-order valence-corrected chi connectivity index (χ1v) is 6.67. The molecule has 1 aromatic rings. The Morgan fingerprint density at radius 2 is 2.33 bits per heavy atom. The van der Waals surface area contributed by atoms with Crippen molar-refractivity contribution in [1.29, 1.82) is 0 Å². The van der Waals surface area contributed by atoms with Gasteiger partial charge in [-0.1, -0.05) is 0 Å². The van der Waals surface area contributed by atoms with E-state index in [0.29, 0.717) is 0 Å². The van der Waals surface area contributed by atoms with Crippen LogP contribution in [0.25, 0.3) is 0 Å². The van der Waals surface area contributed by atoms with Gasteiger partial charge in [0.2, 0.25) is 0 Å². The zero-order valence-electron chi connectivity index (χ0n) is 8.41. The molecule has 0 atom stereocenters. The van der Waals surface area contributed by atoms with Crippen molar-refractivity contribution in [3.63, 3.8) is 0 Å². The van der Waals surface area contributed by atoms with Crippen LogP contribution >= 0.6 is 27.3 Å². The van der Waals surface area contributed by atoms with Crippen LogP contribution in [0, 0.1) is 0 Å². The second kappa shape index (κ2) is 5.79. The van der Waals surface area contributed by atoms with Gasteiger partial charge in [0.15, 0.2) is 5.13 Å². The third-order valence-electron chi connectivity index (χ3n) is 2.28. The van der Waals surface area contributed by atoms with Gasteiger partial charge in [-0.3, -0.25) is 4.90 Å². The number of hydrogen-bond acceptors (Lipinski definition) is 5. The zero-order chi connectivity index (χ0) is 10.5. The number of nitrogens with one attached hydrogen (secondary N) is 1. The van der Waals surface area contributed by atoms with Crippen LogP contribution in [-0.4, -0.2) is 49.3 Å². The molecule has 1 aromatic heterocycles. The summed E-state index contributed by atoms with van der Waals surface area (Å²) in [7, 11) is 0. The van der Waals surface area contributed by atoms with E-state index in [2.05, 4.69) is 31.1 Å². The van der Waals surface area contributed by atoms with E-state index in [9.17, 15) is 0 Å². The van der Waals surface area contributed by atoms with Crippen LogP contribution in [0.3, 0.4) is 0 Å². The van der Waals surface area contributed by atoms with Crippen LogP contribution in [-0.2, 0) is 4.74 Å². The first-order valence-electron chi connectivity index (χ1n) is 4.99. The molecule has 2 heterocycles. The van der Waals surface area contributed by atoms with Gasteiger partial charge in [-0.05, 0) is 15.9 Å². The molecule has 84 valence electrons. The van der Waals surface area contributed by atoms with E-state index in [0.717, 1.165) is 49.1 Å². The molecule has 0 saturated carbocycles. The van der Waals surface area contributed by atoms with Gasteiger partial charge >= 0.3 is 0 Å². The average Bonchev–Trinajstić information content (AvgIpc) is 2.66. The molecule has 2 rings (SSSR count). The molecule has 1 fully saturated rings. The third-order valence-corrected chi connectivity index (χ3v) is 3.79. The number of anilines is 1. The molecular weight excluding hydrogens is 278 g/mol. The van der Waals surface area contributed by atoms with E-state index in [1.165, 1.54) is 0 Å². The van der Waals surface area contributed by atoms with Crippen molar-refractivity contribution < 1.29 is 4.74 Å². The number of morpholine rings is 1. The van der Waals surface area contributed by atoms with E-state index < -0.39 is 0 Å². The standard InChI is InChI=1S/C9H14BrN3OS/c10-8-7-15-9(12-8)11-1-2-13-3-5-14-6-4-13/h7H,1-6H2,(H,11,12). The van der Waals surface area contributed by atoms with Crippen molar-refractivity contribution in [2.24, 2.45) is 0 Å². The van der Waals surface area contributed by atoms with Crippen molar-refractivity contribution in [2.45, 2.75) is 0 Å². The SMILES string of the molecule is Brc1csc(NCCN2CCOCC2)n1. The highest BCUT2D eigenvalue weighted by molar-refractivity contribution is 9.10. The Kier molecular flexibility index (Phi) is 4.37. The Hall–Kier alpha value is -0.170. The van der Waals surface area contributed by atoms with Crippen molar-refractivity contribution in [3.8, 4) is 0 Å². The molecule has 1 aliphatic rings. The summed E-state index contributed by atoms with van der Waals surface area (Å²) in [5.74, 6) is 0. The first kappa shape index (κ1) is 11.3. The normalized spacial score (nSPS) is 17.9. The van der Waals surface area contributed by atoms with E-state index >= 15 is 0 Å². The average molecular weight is 292 g/mol. The molecule has 0 aliphatic carbocycles. The van der Waals surface area contributed by atoms with Crippen LogP contribution < -0.4 is 5.32 Å². The molecule has 0 amide bonds. The molecule has 0 unspecified atom stereocenters. The zero-order valence-corrected chi connectivity index (χ0v) is 10.8. The highest BCUT2D eigenvalue weighted by atomic mass is 79.9. The summed E-state index contributed by atoms with van der Waals surface area (Å²) in [6.45, 7) is 5.82. The Balaban J connectivity index is 1.65. The van der Waals surface area contributed by atoms with Crippen molar-refractivity contribution >= 4 is 32.4 Å². The van der Waals surface area contributed by atoms with E-state index in [1.54, 1.807) is 11.3 Å². The van der Waals surface area contributed by atoms with E-state index in [4.69, 9.17) is 4.74 Å². The molecule has 0 aromatic carbocycles. The van der Waals surface area contributed by atoms with Crippen LogP contribution in [0.4, 0.5) is 5.13 Å². The number of thiazole rings is 1. The van der Waals surface area contributed by atoms with E-state index in [-0.39, 0.29) is 0 Å². The van der Waals surface area contributed by atoms with Gasteiger partial charge < -0.3 is 10.1 Å². The quantitative estimate of drug-likeness (QED) is 0.915. The van der Waals surface area contributed by atoms with E-state index in [1.807, 2.05) is 5.38 Å². The predicted octanol–water partition coefficient (Wildman–Crippen LogP) is 1.65. The molecule has 1 N–H and O–H groups in total. The minimum absolute atomic E-state index is 0.864. The maximum atomic E-state index is 5.29. The number of halogens is 1. The minimum Gasteiger partial charge on any atom is -0.379 e. The monoisotopic (exact) mass is 291 g/mol. The Bertz CT molecular complexity index is 301. The molecule has 1 saturated heterocycles. The summed E-state index contributed by atoms with van der Waals surface area (Å²) < 4.78 is 6.19. The third kappa shape index (κ3) is 3.71. The molecule has 0 bridgehead atoms. The highest BCUT2D eigenvalue weighted by Crippen LogP contribution is 2.18. The summed E-state index contributed by atoms with van der Waals surface area (Å²) in [5.41, 5.74) is 0. The number of nitrogens with zero attached hydrogens (tertiary/aromatic N) is 2. The lowest BCUT2D eigenvalue weighted by molar-refractivity contribution is 0.0398. The number of hydrogen-bond donors (Lipinski definition) is 1. The molecule has 0 spiro atoms. The lowest BCUT2D eigenvalue weighted by atomic mass is 10.4. The maximum absolute atomic E-state index is 5.29. The number of ether oxygens (including phenoxy) is 1. The molecule has 15 heavy (non-hydrogen) atoms. The van der Waals surface area contributed by atoms with Gasteiger partial charge in [-0.15, -0.1) is 11.3 Å². The van der Waals surface area contributed by atoms with Crippen LogP contribution in [0.1, 0.15) is 0 Å².